The van der Waals surface area contributed by atoms with E-state index in [0.717, 1.165) is 32.6 Å². The van der Waals surface area contributed by atoms with Gasteiger partial charge in [-0.05, 0) is 19.5 Å². The van der Waals surface area contributed by atoms with E-state index in [2.05, 4.69) is 20.2 Å². The number of Topliss-reactive ketones (excluding diaryl/α,β-unsaturated/α-hetero) is 1. The highest BCUT2D eigenvalue weighted by Gasteiger charge is 2.18. The third kappa shape index (κ3) is 3.24. The second kappa shape index (κ2) is 6.42. The number of nitrogens with zero attached hydrogens (tertiary/aromatic N) is 3. The molecule has 0 aliphatic carbocycles. The Kier molecular flexibility index (Phi) is 4.60. The smallest absolute Gasteiger partial charge is 0.243 e. The Bertz CT molecular complexity index is 403. The van der Waals surface area contributed by atoms with E-state index >= 15 is 0 Å². The SMILES string of the molecule is COc1nccnc1C(=O)CN1CCCNCC1. The highest BCUT2D eigenvalue weighted by Crippen LogP contribution is 2.12. The van der Waals surface area contributed by atoms with Crippen LogP contribution in [0, 0.1) is 0 Å². The minimum absolute atomic E-state index is 0.0400. The minimum Gasteiger partial charge on any atom is -0.479 e. The highest BCUT2D eigenvalue weighted by atomic mass is 16.5. The average Bonchev–Trinajstić information content (AvgIpc) is 2.67. The lowest BCUT2D eigenvalue weighted by Gasteiger charge is -2.18. The van der Waals surface area contributed by atoms with Crippen molar-refractivity contribution in [1.29, 1.82) is 0 Å². The molecule has 2 rings (SSSR count). The fourth-order valence-electron chi connectivity index (χ4n) is 2.00. The largest absolute Gasteiger partial charge is 0.479 e. The molecular formula is C12H18N4O2. The van der Waals surface area contributed by atoms with Crippen LogP contribution in [0.15, 0.2) is 12.4 Å². The number of rotatable bonds is 4. The van der Waals surface area contributed by atoms with E-state index < -0.39 is 0 Å². The van der Waals surface area contributed by atoms with Crippen LogP contribution in [0.3, 0.4) is 0 Å². The average molecular weight is 250 g/mol. The van der Waals surface area contributed by atoms with Gasteiger partial charge in [0.05, 0.1) is 13.7 Å². The molecule has 0 saturated carbocycles. The van der Waals surface area contributed by atoms with Crippen LogP contribution in [0.2, 0.25) is 0 Å². The van der Waals surface area contributed by atoms with Crippen LogP contribution in [-0.4, -0.2) is 60.5 Å². The number of nitrogens with one attached hydrogen (secondary N) is 1. The molecule has 1 aliphatic rings. The van der Waals surface area contributed by atoms with Crippen LogP contribution in [0.4, 0.5) is 0 Å². The van der Waals surface area contributed by atoms with Gasteiger partial charge in [0.15, 0.2) is 5.69 Å². The Labute approximate surface area is 106 Å². The number of carbonyl (C=O) groups is 1. The van der Waals surface area contributed by atoms with E-state index in [1.807, 2.05) is 0 Å². The summed E-state index contributed by atoms with van der Waals surface area (Å²) in [5.74, 6) is 0.261. The van der Waals surface area contributed by atoms with Crippen LogP contribution in [0.25, 0.3) is 0 Å². The maximum absolute atomic E-state index is 12.2. The summed E-state index contributed by atoms with van der Waals surface area (Å²) in [6, 6.07) is 0. The first-order valence-corrected chi connectivity index (χ1v) is 6.12. The second-order valence-corrected chi connectivity index (χ2v) is 4.22. The van der Waals surface area contributed by atoms with Crippen molar-refractivity contribution >= 4 is 5.78 Å². The Balaban J connectivity index is 2.02. The molecule has 1 aromatic heterocycles. The van der Waals surface area contributed by atoms with Crippen LogP contribution in [0.5, 0.6) is 5.88 Å². The zero-order valence-electron chi connectivity index (χ0n) is 10.6. The molecule has 0 aromatic carbocycles. The van der Waals surface area contributed by atoms with Gasteiger partial charge in [0.25, 0.3) is 0 Å². The highest BCUT2D eigenvalue weighted by molar-refractivity contribution is 5.97. The third-order valence-electron chi connectivity index (χ3n) is 2.92. The molecule has 1 aromatic rings. The standard InChI is InChI=1S/C12H18N4O2/c1-18-12-11(14-4-5-15-12)10(17)9-16-7-2-3-13-6-8-16/h4-5,13H,2-3,6-9H2,1H3. The first-order chi connectivity index (χ1) is 8.81. The van der Waals surface area contributed by atoms with Crippen LogP contribution in [0.1, 0.15) is 16.9 Å². The zero-order chi connectivity index (χ0) is 12.8. The van der Waals surface area contributed by atoms with E-state index in [-0.39, 0.29) is 5.78 Å². The van der Waals surface area contributed by atoms with Crippen molar-refractivity contribution in [2.24, 2.45) is 0 Å². The van der Waals surface area contributed by atoms with Crippen molar-refractivity contribution < 1.29 is 9.53 Å². The monoisotopic (exact) mass is 250 g/mol. The number of hydrogen-bond donors (Lipinski definition) is 1. The molecule has 98 valence electrons. The van der Waals surface area contributed by atoms with Gasteiger partial charge in [-0.15, -0.1) is 0 Å². The van der Waals surface area contributed by atoms with Gasteiger partial charge in [0, 0.05) is 25.5 Å². The maximum Gasteiger partial charge on any atom is 0.243 e. The summed E-state index contributed by atoms with van der Waals surface area (Å²) in [4.78, 5) is 22.3. The van der Waals surface area contributed by atoms with Gasteiger partial charge in [-0.25, -0.2) is 9.97 Å². The first kappa shape index (κ1) is 12.9. The van der Waals surface area contributed by atoms with Gasteiger partial charge in [-0.2, -0.15) is 0 Å². The van der Waals surface area contributed by atoms with Gasteiger partial charge in [-0.3, -0.25) is 9.69 Å². The quantitative estimate of drug-likeness (QED) is 0.757. The summed E-state index contributed by atoms with van der Waals surface area (Å²) in [7, 11) is 1.50. The van der Waals surface area contributed by atoms with Gasteiger partial charge >= 0.3 is 0 Å². The fourth-order valence-corrected chi connectivity index (χ4v) is 2.00. The molecule has 0 atom stereocenters. The van der Waals surface area contributed by atoms with Gasteiger partial charge in [0.1, 0.15) is 0 Å². The summed E-state index contributed by atoms with van der Waals surface area (Å²) in [5, 5.41) is 3.31. The molecule has 0 spiro atoms. The number of ketones is 1. The lowest BCUT2D eigenvalue weighted by Crippen LogP contribution is -2.33. The summed E-state index contributed by atoms with van der Waals surface area (Å²) >= 11 is 0. The molecule has 0 amide bonds. The van der Waals surface area contributed by atoms with Crippen molar-refractivity contribution in [3.05, 3.63) is 18.1 Å². The molecule has 0 bridgehead atoms. The molecule has 1 saturated heterocycles. The van der Waals surface area contributed by atoms with Crippen molar-refractivity contribution in [2.75, 3.05) is 39.8 Å². The zero-order valence-corrected chi connectivity index (χ0v) is 10.6. The van der Waals surface area contributed by atoms with E-state index in [4.69, 9.17) is 4.74 Å². The summed E-state index contributed by atoms with van der Waals surface area (Å²) in [6.07, 6.45) is 4.09. The van der Waals surface area contributed by atoms with Crippen molar-refractivity contribution in [3.63, 3.8) is 0 Å². The molecule has 1 aliphatic heterocycles. The molecule has 6 heteroatoms. The van der Waals surface area contributed by atoms with Crippen LogP contribution >= 0.6 is 0 Å². The third-order valence-corrected chi connectivity index (χ3v) is 2.92. The topological polar surface area (TPSA) is 67.4 Å². The molecule has 1 N–H and O–H groups in total. The predicted molar refractivity (Wildman–Crippen MR) is 66.8 cm³/mol. The predicted octanol–water partition coefficient (Wildman–Crippen LogP) is -0.0368. The van der Waals surface area contributed by atoms with E-state index in [9.17, 15) is 4.79 Å². The lowest BCUT2D eigenvalue weighted by atomic mass is 10.2. The molecule has 0 unspecified atom stereocenters. The van der Waals surface area contributed by atoms with E-state index in [1.54, 1.807) is 0 Å². The van der Waals surface area contributed by atoms with Crippen molar-refractivity contribution in [2.45, 2.75) is 6.42 Å². The van der Waals surface area contributed by atoms with Crippen LogP contribution < -0.4 is 10.1 Å². The Morgan fingerprint density at radius 3 is 3.06 bits per heavy atom. The van der Waals surface area contributed by atoms with Crippen molar-refractivity contribution in [3.8, 4) is 5.88 Å². The maximum atomic E-state index is 12.2. The minimum atomic E-state index is -0.0400. The number of carbonyl (C=O) groups excluding carboxylic acids is 1. The Morgan fingerprint density at radius 1 is 1.39 bits per heavy atom. The number of aromatic nitrogens is 2. The first-order valence-electron chi connectivity index (χ1n) is 6.12. The number of hydrogen-bond acceptors (Lipinski definition) is 6. The molecule has 18 heavy (non-hydrogen) atoms. The van der Waals surface area contributed by atoms with Crippen molar-refractivity contribution in [1.82, 2.24) is 20.2 Å². The van der Waals surface area contributed by atoms with E-state index in [0.29, 0.717) is 18.1 Å². The molecule has 1 fully saturated rings. The molecule has 6 nitrogen and oxygen atoms in total. The molecule has 2 heterocycles. The molecule has 0 radical (unpaired) electrons. The normalized spacial score (nSPS) is 17.2. The fraction of sp³-hybridized carbons (Fsp3) is 0.583. The van der Waals surface area contributed by atoms with Gasteiger partial charge in [0.2, 0.25) is 11.7 Å². The lowest BCUT2D eigenvalue weighted by molar-refractivity contribution is 0.0926. The van der Waals surface area contributed by atoms with Gasteiger partial charge < -0.3 is 10.1 Å². The van der Waals surface area contributed by atoms with E-state index in [1.165, 1.54) is 19.5 Å². The summed E-state index contributed by atoms with van der Waals surface area (Å²) in [6.45, 7) is 4.12. The summed E-state index contributed by atoms with van der Waals surface area (Å²) in [5.41, 5.74) is 0.317. The summed E-state index contributed by atoms with van der Waals surface area (Å²) < 4.78 is 5.06. The Hall–Kier alpha value is -1.53. The molecular weight excluding hydrogens is 232 g/mol. The second-order valence-electron chi connectivity index (χ2n) is 4.22. The van der Waals surface area contributed by atoms with Crippen LogP contribution in [-0.2, 0) is 0 Å². The number of methoxy groups -OCH3 is 1. The number of ether oxygens (including phenoxy) is 1. The van der Waals surface area contributed by atoms with Gasteiger partial charge in [-0.1, -0.05) is 0 Å². The Morgan fingerprint density at radius 2 is 2.22 bits per heavy atom.